The fourth-order valence-electron chi connectivity index (χ4n) is 3.11. The standard InChI is InChI=1S/C17H18N2O3/c20-15(14-7-4-10-18-14)19-11-8-17(9-12-19,16(21)22)13-5-2-1-3-6-13/h1-7,10,18H,8-9,11-12H2,(H,21,22). The quantitative estimate of drug-likeness (QED) is 0.913. The lowest BCUT2D eigenvalue weighted by Crippen LogP contribution is -2.49. The number of carbonyl (C=O) groups is 2. The summed E-state index contributed by atoms with van der Waals surface area (Å²) in [5, 5.41) is 9.74. The number of carbonyl (C=O) groups excluding carboxylic acids is 1. The lowest BCUT2D eigenvalue weighted by Gasteiger charge is -2.39. The molecule has 1 aliphatic heterocycles. The molecule has 2 heterocycles. The van der Waals surface area contributed by atoms with Crippen molar-refractivity contribution >= 4 is 11.9 Å². The molecule has 0 radical (unpaired) electrons. The number of hydrogen-bond donors (Lipinski definition) is 2. The van der Waals surface area contributed by atoms with E-state index in [2.05, 4.69) is 4.98 Å². The summed E-state index contributed by atoms with van der Waals surface area (Å²) < 4.78 is 0. The highest BCUT2D eigenvalue weighted by molar-refractivity contribution is 5.92. The molecule has 0 atom stereocenters. The Balaban J connectivity index is 1.79. The normalized spacial score (nSPS) is 17.2. The molecular weight excluding hydrogens is 280 g/mol. The minimum absolute atomic E-state index is 0.0722. The van der Waals surface area contributed by atoms with Crippen molar-refractivity contribution in [2.75, 3.05) is 13.1 Å². The fraction of sp³-hybridized carbons (Fsp3) is 0.294. The summed E-state index contributed by atoms with van der Waals surface area (Å²) in [6.45, 7) is 0.887. The van der Waals surface area contributed by atoms with Crippen molar-refractivity contribution in [2.45, 2.75) is 18.3 Å². The molecule has 1 aliphatic rings. The summed E-state index contributed by atoms with van der Waals surface area (Å²) in [4.78, 5) is 28.8. The van der Waals surface area contributed by atoms with Crippen molar-refractivity contribution in [2.24, 2.45) is 0 Å². The SMILES string of the molecule is O=C(c1ccc[nH]1)N1CCC(C(=O)O)(c2ccccc2)CC1. The molecule has 0 saturated carbocycles. The monoisotopic (exact) mass is 298 g/mol. The van der Waals surface area contributed by atoms with Crippen molar-refractivity contribution < 1.29 is 14.7 Å². The van der Waals surface area contributed by atoms with E-state index in [1.165, 1.54) is 0 Å². The van der Waals surface area contributed by atoms with Crippen LogP contribution in [-0.4, -0.2) is 40.0 Å². The molecule has 2 aromatic rings. The Hall–Kier alpha value is -2.56. The van der Waals surface area contributed by atoms with Crippen LogP contribution in [0.15, 0.2) is 48.7 Å². The number of H-pyrrole nitrogens is 1. The molecule has 3 rings (SSSR count). The van der Waals surface area contributed by atoms with Crippen LogP contribution in [0.1, 0.15) is 28.9 Å². The second-order valence-corrected chi connectivity index (χ2v) is 5.63. The third-order valence-electron chi connectivity index (χ3n) is 4.47. The molecule has 5 heteroatoms. The Morgan fingerprint density at radius 3 is 2.27 bits per heavy atom. The minimum atomic E-state index is -0.895. The highest BCUT2D eigenvalue weighted by Gasteiger charge is 2.43. The van der Waals surface area contributed by atoms with Crippen molar-refractivity contribution in [1.29, 1.82) is 0 Å². The van der Waals surface area contributed by atoms with Crippen molar-refractivity contribution in [3.05, 3.63) is 59.9 Å². The summed E-state index contributed by atoms with van der Waals surface area (Å²) in [6, 6.07) is 12.8. The smallest absolute Gasteiger partial charge is 0.314 e. The molecule has 0 aliphatic carbocycles. The van der Waals surface area contributed by atoms with Gasteiger partial charge in [0.25, 0.3) is 5.91 Å². The van der Waals surface area contributed by atoms with Gasteiger partial charge in [-0.05, 0) is 30.5 Å². The van der Waals surface area contributed by atoms with Crippen LogP contribution in [0.2, 0.25) is 0 Å². The molecule has 1 aromatic carbocycles. The van der Waals surface area contributed by atoms with Gasteiger partial charge in [-0.3, -0.25) is 9.59 Å². The molecule has 1 saturated heterocycles. The third-order valence-corrected chi connectivity index (χ3v) is 4.47. The zero-order valence-corrected chi connectivity index (χ0v) is 12.2. The van der Waals surface area contributed by atoms with Crippen molar-refractivity contribution in [3.63, 3.8) is 0 Å². The van der Waals surface area contributed by atoms with Crippen LogP contribution >= 0.6 is 0 Å². The van der Waals surface area contributed by atoms with Gasteiger partial charge in [0.2, 0.25) is 0 Å². The Bertz CT molecular complexity index is 656. The van der Waals surface area contributed by atoms with Gasteiger partial charge in [0, 0.05) is 19.3 Å². The number of carboxylic acid groups (broad SMARTS) is 1. The summed E-state index contributed by atoms with van der Waals surface area (Å²) in [6.07, 6.45) is 2.57. The molecule has 0 bridgehead atoms. The summed E-state index contributed by atoms with van der Waals surface area (Å²) in [7, 11) is 0. The number of rotatable bonds is 3. The number of likely N-dealkylation sites (tertiary alicyclic amines) is 1. The van der Waals surface area contributed by atoms with Crippen LogP contribution in [0.25, 0.3) is 0 Å². The first-order chi connectivity index (χ1) is 10.6. The van der Waals surface area contributed by atoms with Gasteiger partial charge in [-0.1, -0.05) is 30.3 Å². The maximum atomic E-state index is 12.3. The number of aromatic nitrogens is 1. The first-order valence-corrected chi connectivity index (χ1v) is 7.35. The topological polar surface area (TPSA) is 73.4 Å². The molecule has 114 valence electrons. The van der Waals surface area contributed by atoms with E-state index in [1.54, 1.807) is 23.2 Å². The van der Waals surface area contributed by atoms with Gasteiger partial charge in [-0.15, -0.1) is 0 Å². The number of benzene rings is 1. The first kappa shape index (κ1) is 14.4. The van der Waals surface area contributed by atoms with Gasteiger partial charge in [-0.25, -0.2) is 0 Å². The molecule has 2 N–H and O–H groups in total. The number of piperidine rings is 1. The summed E-state index contributed by atoms with van der Waals surface area (Å²) in [5.41, 5.74) is 0.463. The summed E-state index contributed by atoms with van der Waals surface area (Å²) in [5.74, 6) is -0.886. The van der Waals surface area contributed by atoms with Crippen LogP contribution in [-0.2, 0) is 10.2 Å². The van der Waals surface area contributed by atoms with E-state index in [0.29, 0.717) is 31.6 Å². The molecule has 1 amide bonds. The van der Waals surface area contributed by atoms with E-state index >= 15 is 0 Å². The predicted molar refractivity (Wildman–Crippen MR) is 81.7 cm³/mol. The molecule has 5 nitrogen and oxygen atoms in total. The Morgan fingerprint density at radius 1 is 1.05 bits per heavy atom. The van der Waals surface area contributed by atoms with Gasteiger partial charge in [0.15, 0.2) is 0 Å². The average molecular weight is 298 g/mol. The second kappa shape index (κ2) is 5.67. The molecule has 1 fully saturated rings. The molecular formula is C17H18N2O3. The Kier molecular flexibility index (Phi) is 3.71. The van der Waals surface area contributed by atoms with E-state index < -0.39 is 11.4 Å². The van der Waals surface area contributed by atoms with Crippen LogP contribution in [0.4, 0.5) is 0 Å². The van der Waals surface area contributed by atoms with Crippen LogP contribution in [0.3, 0.4) is 0 Å². The van der Waals surface area contributed by atoms with Gasteiger partial charge in [-0.2, -0.15) is 0 Å². The Morgan fingerprint density at radius 2 is 1.73 bits per heavy atom. The largest absolute Gasteiger partial charge is 0.481 e. The number of aromatic amines is 1. The number of aliphatic carboxylic acids is 1. The fourth-order valence-corrected chi connectivity index (χ4v) is 3.11. The molecule has 22 heavy (non-hydrogen) atoms. The zero-order chi connectivity index (χ0) is 15.6. The second-order valence-electron chi connectivity index (χ2n) is 5.63. The lowest BCUT2D eigenvalue weighted by atomic mass is 9.73. The van der Waals surface area contributed by atoms with Gasteiger partial charge in [0.05, 0.1) is 5.41 Å². The maximum absolute atomic E-state index is 12.3. The van der Waals surface area contributed by atoms with E-state index in [-0.39, 0.29) is 5.91 Å². The highest BCUT2D eigenvalue weighted by Crippen LogP contribution is 2.36. The van der Waals surface area contributed by atoms with Crippen molar-refractivity contribution in [1.82, 2.24) is 9.88 Å². The van der Waals surface area contributed by atoms with E-state index in [0.717, 1.165) is 5.56 Å². The lowest BCUT2D eigenvalue weighted by molar-refractivity contribution is -0.145. The van der Waals surface area contributed by atoms with Crippen LogP contribution in [0.5, 0.6) is 0 Å². The van der Waals surface area contributed by atoms with Crippen LogP contribution < -0.4 is 0 Å². The van der Waals surface area contributed by atoms with Crippen molar-refractivity contribution in [3.8, 4) is 0 Å². The average Bonchev–Trinajstić information content (AvgIpc) is 3.09. The number of nitrogens with zero attached hydrogens (tertiary/aromatic N) is 1. The Labute approximate surface area is 128 Å². The van der Waals surface area contributed by atoms with E-state index in [1.807, 2.05) is 30.3 Å². The van der Waals surface area contributed by atoms with Gasteiger partial charge in [0.1, 0.15) is 5.69 Å². The van der Waals surface area contributed by atoms with Gasteiger partial charge < -0.3 is 15.0 Å². The van der Waals surface area contributed by atoms with E-state index in [4.69, 9.17) is 0 Å². The molecule has 0 spiro atoms. The number of carboxylic acids is 1. The molecule has 1 aromatic heterocycles. The first-order valence-electron chi connectivity index (χ1n) is 7.35. The zero-order valence-electron chi connectivity index (χ0n) is 12.2. The van der Waals surface area contributed by atoms with Gasteiger partial charge >= 0.3 is 5.97 Å². The number of nitrogens with one attached hydrogen (secondary N) is 1. The van der Waals surface area contributed by atoms with E-state index in [9.17, 15) is 14.7 Å². The minimum Gasteiger partial charge on any atom is -0.481 e. The van der Waals surface area contributed by atoms with Crippen LogP contribution in [0, 0.1) is 0 Å². The number of hydrogen-bond acceptors (Lipinski definition) is 2. The highest BCUT2D eigenvalue weighted by atomic mass is 16.4. The summed E-state index contributed by atoms with van der Waals surface area (Å²) >= 11 is 0. The third kappa shape index (κ3) is 2.39. The number of amides is 1. The molecule has 0 unspecified atom stereocenters. The maximum Gasteiger partial charge on any atom is 0.314 e. The predicted octanol–water partition coefficient (Wildman–Crippen LogP) is 2.27.